The zero-order valence-corrected chi connectivity index (χ0v) is 14.9. The fourth-order valence-corrected chi connectivity index (χ4v) is 1.31. The second-order valence-electron chi connectivity index (χ2n) is 6.42. The number of amides is 1. The average molecular weight is 317 g/mol. The van der Waals surface area contributed by atoms with Crippen LogP contribution >= 0.6 is 0 Å². The van der Waals surface area contributed by atoms with E-state index in [2.05, 4.69) is 18.5 Å². The first-order valence-electron chi connectivity index (χ1n) is 7.35. The van der Waals surface area contributed by atoms with E-state index in [0.717, 1.165) is 5.56 Å². The number of carbonyl (C=O) groups excluding carboxylic acids is 2. The molecule has 1 amide bonds. The van der Waals surface area contributed by atoms with Crippen molar-refractivity contribution in [2.75, 3.05) is 0 Å². The van der Waals surface area contributed by atoms with Gasteiger partial charge in [0.25, 0.3) is 0 Å². The summed E-state index contributed by atoms with van der Waals surface area (Å²) in [5, 5.41) is 2.78. The third-order valence-corrected chi connectivity index (χ3v) is 2.52. The molecule has 0 aromatic heterocycles. The largest absolute Gasteiger partial charge is 0.423 e. The van der Waals surface area contributed by atoms with E-state index in [9.17, 15) is 9.59 Å². The number of carbonyl (C=O) groups is 2. The molecule has 0 spiro atoms. The zero-order chi connectivity index (χ0) is 18.2. The Morgan fingerprint density at radius 2 is 1.57 bits per heavy atom. The van der Waals surface area contributed by atoms with Crippen molar-refractivity contribution < 1.29 is 14.3 Å². The molecule has 1 aromatic rings. The van der Waals surface area contributed by atoms with Gasteiger partial charge >= 0.3 is 5.97 Å². The molecular weight excluding hydrogens is 290 g/mol. The summed E-state index contributed by atoms with van der Waals surface area (Å²) in [4.78, 5) is 22.1. The van der Waals surface area contributed by atoms with Crippen LogP contribution < -0.4 is 10.1 Å². The van der Waals surface area contributed by atoms with Crippen molar-refractivity contribution in [2.24, 2.45) is 0 Å². The number of hydrogen-bond acceptors (Lipinski definition) is 3. The van der Waals surface area contributed by atoms with Crippen molar-refractivity contribution in [3.63, 3.8) is 0 Å². The van der Waals surface area contributed by atoms with Gasteiger partial charge < -0.3 is 10.1 Å². The Labute approximate surface area is 139 Å². The molecule has 0 unspecified atom stereocenters. The molecule has 0 aliphatic heterocycles. The fourth-order valence-electron chi connectivity index (χ4n) is 1.31. The highest BCUT2D eigenvalue weighted by Gasteiger charge is 2.13. The van der Waals surface area contributed by atoms with E-state index in [1.54, 1.807) is 19.9 Å². The van der Waals surface area contributed by atoms with E-state index < -0.39 is 0 Å². The van der Waals surface area contributed by atoms with Crippen LogP contribution in [0, 0.1) is 6.92 Å². The van der Waals surface area contributed by atoms with E-state index in [0.29, 0.717) is 16.9 Å². The molecule has 0 aliphatic carbocycles. The fraction of sp³-hybridized carbons (Fsp3) is 0.368. The first-order chi connectivity index (χ1) is 10.4. The van der Waals surface area contributed by atoms with Crippen molar-refractivity contribution >= 4 is 11.9 Å². The maximum Gasteiger partial charge on any atom is 0.338 e. The van der Waals surface area contributed by atoms with Crippen LogP contribution in [0.15, 0.2) is 48.6 Å². The predicted octanol–water partition coefficient (Wildman–Crippen LogP) is 3.95. The van der Waals surface area contributed by atoms with Crippen LogP contribution in [-0.4, -0.2) is 17.4 Å². The number of esters is 1. The highest BCUT2D eigenvalue weighted by molar-refractivity contribution is 5.92. The van der Waals surface area contributed by atoms with Gasteiger partial charge in [0.05, 0.1) is 0 Å². The Morgan fingerprint density at radius 3 is 1.91 bits per heavy atom. The number of rotatable bonds is 3. The number of aryl methyl sites for hydroxylation is 1. The van der Waals surface area contributed by atoms with Crippen molar-refractivity contribution in [3.05, 3.63) is 54.1 Å². The quantitative estimate of drug-likeness (QED) is 0.521. The Balaban J connectivity index is 0.000000438. The van der Waals surface area contributed by atoms with Gasteiger partial charge in [-0.1, -0.05) is 31.4 Å². The Morgan fingerprint density at radius 1 is 1.04 bits per heavy atom. The lowest BCUT2D eigenvalue weighted by atomic mass is 10.1. The summed E-state index contributed by atoms with van der Waals surface area (Å²) in [5.74, 6) is 0.136. The number of para-hydroxylation sites is 1. The summed E-state index contributed by atoms with van der Waals surface area (Å²) in [6.07, 6.45) is 0. The second-order valence-corrected chi connectivity index (χ2v) is 6.42. The minimum absolute atomic E-state index is 0.0764. The van der Waals surface area contributed by atoms with Crippen LogP contribution in [-0.2, 0) is 9.59 Å². The van der Waals surface area contributed by atoms with Crippen molar-refractivity contribution in [3.8, 4) is 5.75 Å². The van der Waals surface area contributed by atoms with E-state index in [4.69, 9.17) is 4.74 Å². The number of hydrogen-bond donors (Lipinski definition) is 1. The lowest BCUT2D eigenvalue weighted by molar-refractivity contribution is -0.130. The van der Waals surface area contributed by atoms with Crippen LogP contribution in [0.4, 0.5) is 0 Å². The molecule has 1 rings (SSSR count). The predicted molar refractivity (Wildman–Crippen MR) is 94.3 cm³/mol. The van der Waals surface area contributed by atoms with Crippen molar-refractivity contribution in [1.82, 2.24) is 5.32 Å². The Hall–Kier alpha value is -2.36. The highest BCUT2D eigenvalue weighted by atomic mass is 16.5. The standard InChI is InChI=1S/C11H12O2.C8H15NO/c1-8(2)11(12)13-10-7-5-4-6-9(10)3;1-6(2)7(10)9-8(3,4)5/h4-7H,1H2,2-3H3;1H2,2-5H3,(H,9,10). The van der Waals surface area contributed by atoms with Crippen LogP contribution in [0.5, 0.6) is 5.75 Å². The van der Waals surface area contributed by atoms with Crippen LogP contribution in [0.3, 0.4) is 0 Å². The molecule has 0 atom stereocenters. The van der Waals surface area contributed by atoms with Crippen LogP contribution in [0.25, 0.3) is 0 Å². The maximum absolute atomic E-state index is 11.1. The van der Waals surface area contributed by atoms with Crippen molar-refractivity contribution in [1.29, 1.82) is 0 Å². The zero-order valence-electron chi connectivity index (χ0n) is 14.9. The molecular formula is C19H27NO3. The third kappa shape index (κ3) is 9.30. The molecule has 0 saturated heterocycles. The number of ether oxygens (including phenoxy) is 1. The molecule has 4 nitrogen and oxygen atoms in total. The molecule has 0 saturated carbocycles. The smallest absolute Gasteiger partial charge is 0.338 e. The van der Waals surface area contributed by atoms with E-state index in [1.165, 1.54) is 0 Å². The second kappa shape index (κ2) is 8.93. The molecule has 126 valence electrons. The molecule has 4 heteroatoms. The van der Waals surface area contributed by atoms with Gasteiger partial charge in [-0.05, 0) is 53.2 Å². The third-order valence-electron chi connectivity index (χ3n) is 2.52. The lowest BCUT2D eigenvalue weighted by Gasteiger charge is -2.20. The number of benzene rings is 1. The Kier molecular flexibility index (Phi) is 8.02. The molecule has 1 aromatic carbocycles. The number of nitrogens with one attached hydrogen (secondary N) is 1. The lowest BCUT2D eigenvalue weighted by Crippen LogP contribution is -2.40. The van der Waals surface area contributed by atoms with Gasteiger partial charge in [0.2, 0.25) is 5.91 Å². The summed E-state index contributed by atoms with van der Waals surface area (Å²) in [6, 6.07) is 7.37. The monoisotopic (exact) mass is 317 g/mol. The van der Waals surface area contributed by atoms with Gasteiger partial charge in [-0.3, -0.25) is 4.79 Å². The van der Waals surface area contributed by atoms with Gasteiger partial charge in [-0.15, -0.1) is 0 Å². The van der Waals surface area contributed by atoms with E-state index in [-0.39, 0.29) is 17.4 Å². The summed E-state index contributed by atoms with van der Waals surface area (Å²) in [5.41, 5.74) is 1.74. The van der Waals surface area contributed by atoms with Gasteiger partial charge in [0.15, 0.2) is 0 Å². The van der Waals surface area contributed by atoms with Crippen LogP contribution in [0.1, 0.15) is 40.2 Å². The van der Waals surface area contributed by atoms with Gasteiger partial charge in [-0.2, -0.15) is 0 Å². The van der Waals surface area contributed by atoms with Gasteiger partial charge in [0.1, 0.15) is 5.75 Å². The summed E-state index contributed by atoms with van der Waals surface area (Å²) in [7, 11) is 0. The molecule has 23 heavy (non-hydrogen) atoms. The summed E-state index contributed by atoms with van der Waals surface area (Å²) in [6.45, 7) is 18.1. The van der Waals surface area contributed by atoms with Crippen molar-refractivity contribution in [2.45, 2.75) is 47.1 Å². The first-order valence-corrected chi connectivity index (χ1v) is 7.35. The molecule has 1 N–H and O–H groups in total. The summed E-state index contributed by atoms with van der Waals surface area (Å²) >= 11 is 0. The molecule has 0 aliphatic rings. The van der Waals surface area contributed by atoms with Gasteiger partial charge in [-0.25, -0.2) is 4.79 Å². The first kappa shape index (κ1) is 20.6. The summed E-state index contributed by atoms with van der Waals surface area (Å²) < 4.78 is 5.07. The topological polar surface area (TPSA) is 55.4 Å². The SMILES string of the molecule is C=C(C)C(=O)NC(C)(C)C.C=C(C)C(=O)Oc1ccccc1C. The Bertz CT molecular complexity index is 595. The minimum Gasteiger partial charge on any atom is -0.423 e. The highest BCUT2D eigenvalue weighted by Crippen LogP contribution is 2.17. The molecule has 0 heterocycles. The maximum atomic E-state index is 11.1. The molecule has 0 radical (unpaired) electrons. The normalized spacial score (nSPS) is 10.0. The van der Waals surface area contributed by atoms with E-state index >= 15 is 0 Å². The van der Waals surface area contributed by atoms with Crippen LogP contribution in [0.2, 0.25) is 0 Å². The average Bonchev–Trinajstić information content (AvgIpc) is 2.40. The van der Waals surface area contributed by atoms with E-state index in [1.807, 2.05) is 45.9 Å². The molecule has 0 bridgehead atoms. The minimum atomic E-state index is -0.380. The molecule has 0 fully saturated rings. The van der Waals surface area contributed by atoms with Gasteiger partial charge in [0, 0.05) is 16.7 Å².